The Hall–Kier alpha value is -0.360. The molecule has 0 aromatic carbocycles. The summed E-state index contributed by atoms with van der Waals surface area (Å²) < 4.78 is 6.83. The summed E-state index contributed by atoms with van der Waals surface area (Å²) in [6, 6.07) is 0.0260. The number of aliphatic hydroxyl groups is 1. The van der Waals surface area contributed by atoms with Gasteiger partial charge in [-0.05, 0) is 97.2 Å². The molecule has 0 amide bonds. The van der Waals surface area contributed by atoms with Gasteiger partial charge in [-0.2, -0.15) is 14.1 Å². The van der Waals surface area contributed by atoms with Crippen molar-refractivity contribution in [3.8, 4) is 0 Å². The smallest absolute Gasteiger partial charge is 0.111 e. The number of quaternary nitrogens is 2. The minimum Gasteiger partial charge on any atom is -0.474 e. The van der Waals surface area contributed by atoms with Gasteiger partial charge in [0.25, 0.3) is 0 Å². The summed E-state index contributed by atoms with van der Waals surface area (Å²) >= 11 is 5.01. The minimum atomic E-state index is -0.741. The summed E-state index contributed by atoms with van der Waals surface area (Å²) in [6.45, 7) is 10.9. The van der Waals surface area contributed by atoms with Gasteiger partial charge in [0, 0.05) is 5.92 Å². The first-order valence-electron chi connectivity index (χ1n) is 11.2. The molecule has 3 aliphatic rings. The van der Waals surface area contributed by atoms with Crippen LogP contribution in [0.15, 0.2) is 4.99 Å². The Kier molecular flexibility index (Phi) is 6.40. The lowest BCUT2D eigenvalue weighted by Crippen LogP contribution is -2.93. The SMILES string of the molecule is [CH2-][NH2+][C@@H]1[C@H]2[C@H](CC[C@@]1(C)O)[C@](C)(N=C=S)CC[C@@H]2[C@@]1(C)CC[C@@H](C(C)(C)[NH2+][CH2-])O1. The van der Waals surface area contributed by atoms with Crippen LogP contribution in [0, 0.1) is 31.8 Å². The van der Waals surface area contributed by atoms with Gasteiger partial charge in [-0.15, -0.1) is 0 Å². The molecule has 8 atom stereocenters. The van der Waals surface area contributed by atoms with Crippen LogP contribution in [0.3, 0.4) is 0 Å². The van der Waals surface area contributed by atoms with Crippen LogP contribution in [-0.2, 0) is 4.74 Å². The van der Waals surface area contributed by atoms with E-state index in [4.69, 9.17) is 17.0 Å². The van der Waals surface area contributed by atoms with Gasteiger partial charge >= 0.3 is 0 Å². The third-order valence-electron chi connectivity index (χ3n) is 8.79. The number of hydrogen-bond acceptors (Lipinski definition) is 4. The van der Waals surface area contributed by atoms with Crippen LogP contribution in [0.1, 0.15) is 73.1 Å². The second-order valence-electron chi connectivity index (χ2n) is 11.0. The third kappa shape index (κ3) is 3.97. The number of isothiocyanates is 1. The van der Waals surface area contributed by atoms with E-state index in [2.05, 4.69) is 51.9 Å². The second-order valence-corrected chi connectivity index (χ2v) is 11.2. The summed E-state index contributed by atoms with van der Waals surface area (Å²) in [7, 11) is 8.17. The average Bonchev–Trinajstić information content (AvgIpc) is 3.05. The topological polar surface area (TPSA) is 75.0 Å². The molecule has 29 heavy (non-hydrogen) atoms. The van der Waals surface area contributed by atoms with Gasteiger partial charge in [-0.25, -0.2) is 4.99 Å². The van der Waals surface area contributed by atoms with Gasteiger partial charge < -0.3 is 20.5 Å². The van der Waals surface area contributed by atoms with Gasteiger partial charge in [0.15, 0.2) is 0 Å². The van der Waals surface area contributed by atoms with Crippen LogP contribution in [0.4, 0.5) is 0 Å². The van der Waals surface area contributed by atoms with Crippen molar-refractivity contribution in [1.29, 1.82) is 0 Å². The second kappa shape index (κ2) is 7.96. The highest BCUT2D eigenvalue weighted by atomic mass is 32.1. The molecule has 1 heterocycles. The molecule has 3 fully saturated rings. The van der Waals surface area contributed by atoms with Crippen molar-refractivity contribution in [2.24, 2.45) is 22.7 Å². The summed E-state index contributed by atoms with van der Waals surface area (Å²) in [5.74, 6) is 0.991. The molecule has 5 nitrogen and oxygen atoms in total. The largest absolute Gasteiger partial charge is 0.474 e. The number of thiocarbonyl (C=S) groups is 1. The van der Waals surface area contributed by atoms with Crippen molar-refractivity contribution in [2.75, 3.05) is 0 Å². The van der Waals surface area contributed by atoms with Crippen LogP contribution in [0.25, 0.3) is 0 Å². The Labute approximate surface area is 182 Å². The van der Waals surface area contributed by atoms with Gasteiger partial charge in [0.2, 0.25) is 0 Å². The molecule has 6 heteroatoms. The quantitative estimate of drug-likeness (QED) is 0.359. The van der Waals surface area contributed by atoms with Crippen LogP contribution in [-0.4, -0.2) is 44.7 Å². The van der Waals surface area contributed by atoms with Gasteiger partial charge in [-0.3, -0.25) is 0 Å². The van der Waals surface area contributed by atoms with Crippen molar-refractivity contribution in [3.63, 3.8) is 0 Å². The molecule has 0 bridgehead atoms. The molecular formula is C23H41N3O2S. The summed E-state index contributed by atoms with van der Waals surface area (Å²) in [5.41, 5.74) is -1.20. The molecule has 2 aliphatic carbocycles. The van der Waals surface area contributed by atoms with E-state index in [1.54, 1.807) is 0 Å². The lowest BCUT2D eigenvalue weighted by Gasteiger charge is -2.58. The van der Waals surface area contributed by atoms with E-state index in [0.29, 0.717) is 11.8 Å². The van der Waals surface area contributed by atoms with Gasteiger partial charge in [0.05, 0.1) is 27.9 Å². The zero-order valence-corrected chi connectivity index (χ0v) is 19.7. The molecule has 0 aromatic rings. The van der Waals surface area contributed by atoms with Crippen molar-refractivity contribution in [1.82, 2.24) is 0 Å². The number of nitrogens with two attached hydrogens (primary N) is 2. The molecule has 0 spiro atoms. The van der Waals surface area contributed by atoms with Crippen LogP contribution in [0.5, 0.6) is 0 Å². The summed E-state index contributed by atoms with van der Waals surface area (Å²) in [6.07, 6.45) is 6.01. The normalized spacial score (nSPS) is 48.1. The first kappa shape index (κ1) is 23.3. The lowest BCUT2D eigenvalue weighted by molar-refractivity contribution is -0.678. The molecule has 166 valence electrons. The van der Waals surface area contributed by atoms with Crippen LogP contribution < -0.4 is 10.6 Å². The lowest BCUT2D eigenvalue weighted by atomic mass is 9.51. The number of fused-ring (bicyclic) bond motifs is 1. The standard InChI is InChI=1S/C23H41N3O2S/c1-20(2,25-7)17-10-13-23(5,28-17)16-8-11-21(3,26-14-29)15-9-12-22(4,27)19(24-6)18(15)16/h15-19,27H,6-13,24-25H2,1-5H3/t15-,16-,17-,18-,19+,21+,22+,23+/m0/s1. The van der Waals surface area contributed by atoms with E-state index in [9.17, 15) is 5.11 Å². The predicted molar refractivity (Wildman–Crippen MR) is 118 cm³/mol. The maximum atomic E-state index is 11.2. The monoisotopic (exact) mass is 423 g/mol. The van der Waals surface area contributed by atoms with E-state index in [1.807, 2.05) is 17.6 Å². The maximum Gasteiger partial charge on any atom is 0.111 e. The number of nitrogens with zero attached hydrogens (tertiary/aromatic N) is 1. The first-order valence-corrected chi connectivity index (χ1v) is 11.6. The Bertz CT molecular complexity index is 663. The molecule has 0 unspecified atom stereocenters. The van der Waals surface area contributed by atoms with E-state index in [0.717, 1.165) is 38.5 Å². The maximum absolute atomic E-state index is 11.2. The molecule has 1 aliphatic heterocycles. The molecule has 0 aromatic heterocycles. The zero-order valence-electron chi connectivity index (χ0n) is 18.9. The number of aliphatic imine (C=N–C) groups is 1. The fraction of sp³-hybridized carbons (Fsp3) is 0.870. The van der Waals surface area contributed by atoms with Crippen LogP contribution >= 0.6 is 12.2 Å². The van der Waals surface area contributed by atoms with Crippen molar-refractivity contribution in [2.45, 2.75) is 108 Å². The van der Waals surface area contributed by atoms with Crippen molar-refractivity contribution >= 4 is 17.4 Å². The van der Waals surface area contributed by atoms with Gasteiger partial charge in [0.1, 0.15) is 11.7 Å². The van der Waals surface area contributed by atoms with E-state index in [1.165, 1.54) is 0 Å². The molecule has 0 radical (unpaired) electrons. The fourth-order valence-corrected chi connectivity index (χ4v) is 6.92. The first-order chi connectivity index (χ1) is 13.4. The number of ether oxygens (including phenoxy) is 1. The summed E-state index contributed by atoms with van der Waals surface area (Å²) in [4.78, 5) is 4.66. The Morgan fingerprint density at radius 3 is 2.34 bits per heavy atom. The van der Waals surface area contributed by atoms with E-state index < -0.39 is 5.60 Å². The average molecular weight is 424 g/mol. The van der Waals surface area contributed by atoms with Crippen molar-refractivity contribution < 1.29 is 20.5 Å². The molecule has 1 saturated heterocycles. The number of rotatable bonds is 5. The molecule has 3 rings (SSSR count). The van der Waals surface area contributed by atoms with Crippen LogP contribution in [0.2, 0.25) is 0 Å². The third-order valence-corrected chi connectivity index (χ3v) is 8.88. The predicted octanol–water partition coefficient (Wildman–Crippen LogP) is 1.83. The number of hydrogen-bond donors (Lipinski definition) is 3. The Morgan fingerprint density at radius 2 is 1.76 bits per heavy atom. The fourth-order valence-electron chi connectivity index (χ4n) is 6.71. The molecule has 2 saturated carbocycles. The molecular weight excluding hydrogens is 382 g/mol. The zero-order chi connectivity index (χ0) is 21.7. The van der Waals surface area contributed by atoms with E-state index >= 15 is 0 Å². The van der Waals surface area contributed by atoms with Gasteiger partial charge in [-0.1, -0.05) is 0 Å². The highest BCUT2D eigenvalue weighted by molar-refractivity contribution is 7.78. The highest BCUT2D eigenvalue weighted by Crippen LogP contribution is 2.57. The molecule has 5 N–H and O–H groups in total. The van der Waals surface area contributed by atoms with E-state index in [-0.39, 0.29) is 34.7 Å². The Balaban J connectivity index is 1.98. The Morgan fingerprint density at radius 1 is 1.10 bits per heavy atom. The summed E-state index contributed by atoms with van der Waals surface area (Å²) in [5, 5.41) is 17.9. The highest BCUT2D eigenvalue weighted by Gasteiger charge is 2.62. The van der Waals surface area contributed by atoms with Crippen molar-refractivity contribution in [3.05, 3.63) is 14.1 Å². The minimum absolute atomic E-state index is 0.0260.